The second-order valence-corrected chi connectivity index (χ2v) is 7.47. The average molecular weight is 384 g/mol. The van der Waals surface area contributed by atoms with Crippen molar-refractivity contribution in [2.75, 3.05) is 13.1 Å². The molecule has 8 heteroatoms. The monoisotopic (exact) mass is 384 g/mol. The van der Waals surface area contributed by atoms with Gasteiger partial charge in [-0.3, -0.25) is 4.79 Å². The van der Waals surface area contributed by atoms with Gasteiger partial charge in [0.15, 0.2) is 0 Å². The van der Waals surface area contributed by atoms with Crippen LogP contribution in [0, 0.1) is 5.92 Å². The van der Waals surface area contributed by atoms with Gasteiger partial charge in [0, 0.05) is 32.5 Å². The number of aryl methyl sites for hydroxylation is 1. The molecular weight excluding hydrogens is 356 g/mol. The summed E-state index contributed by atoms with van der Waals surface area (Å²) in [5.41, 5.74) is 2.78. The van der Waals surface area contributed by atoms with Crippen LogP contribution in [0.15, 0.2) is 30.3 Å². The number of benzene rings is 1. The van der Waals surface area contributed by atoms with E-state index in [0.29, 0.717) is 51.5 Å². The van der Waals surface area contributed by atoms with Gasteiger partial charge in [-0.15, -0.1) is 5.10 Å². The Morgan fingerprint density at radius 1 is 1.14 bits per heavy atom. The third-order valence-electron chi connectivity index (χ3n) is 4.71. The third kappa shape index (κ3) is 5.31. The minimum absolute atomic E-state index is 0.0204. The molecule has 0 bridgehead atoms. The fraction of sp³-hybridized carbons (Fsp3) is 0.500. The van der Waals surface area contributed by atoms with Crippen molar-refractivity contribution in [2.24, 2.45) is 5.92 Å². The van der Waals surface area contributed by atoms with Crippen LogP contribution in [0.2, 0.25) is 0 Å². The lowest BCUT2D eigenvalue weighted by Crippen LogP contribution is -2.45. The summed E-state index contributed by atoms with van der Waals surface area (Å²) in [6.07, 6.45) is 0.857. The van der Waals surface area contributed by atoms with Crippen molar-refractivity contribution >= 4 is 11.9 Å². The zero-order valence-electron chi connectivity index (χ0n) is 16.5. The lowest BCUT2D eigenvalue weighted by Gasteiger charge is -2.28. The number of nitrogens with one attached hydrogen (secondary N) is 2. The molecule has 0 saturated heterocycles. The van der Waals surface area contributed by atoms with Crippen molar-refractivity contribution in [1.29, 1.82) is 0 Å². The first-order chi connectivity index (χ1) is 13.5. The van der Waals surface area contributed by atoms with Crippen LogP contribution in [-0.4, -0.2) is 44.9 Å². The molecule has 1 aliphatic rings. The second kappa shape index (κ2) is 9.34. The Hall–Kier alpha value is -2.90. The number of fused-ring (bicyclic) bond motifs is 1. The van der Waals surface area contributed by atoms with Gasteiger partial charge in [-0.25, -0.2) is 9.48 Å². The van der Waals surface area contributed by atoms with E-state index in [1.54, 1.807) is 4.90 Å². The summed E-state index contributed by atoms with van der Waals surface area (Å²) in [5.74, 6) is 0.388. The van der Waals surface area contributed by atoms with E-state index in [0.717, 1.165) is 17.0 Å². The van der Waals surface area contributed by atoms with Crippen LogP contribution in [0.1, 0.15) is 37.2 Å². The van der Waals surface area contributed by atoms with Crippen molar-refractivity contribution < 1.29 is 9.59 Å². The molecule has 2 aromatic rings. The van der Waals surface area contributed by atoms with E-state index in [9.17, 15) is 9.59 Å². The van der Waals surface area contributed by atoms with Crippen LogP contribution in [-0.2, 0) is 30.8 Å². The molecule has 0 fully saturated rings. The van der Waals surface area contributed by atoms with E-state index in [-0.39, 0.29) is 11.9 Å². The molecule has 0 aliphatic carbocycles. The molecule has 28 heavy (non-hydrogen) atoms. The molecule has 2 N–H and O–H groups in total. The number of rotatable bonds is 7. The van der Waals surface area contributed by atoms with Gasteiger partial charge >= 0.3 is 6.03 Å². The standard InChI is InChI=1S/C20H28N6O2/c1-15(2)12-22-20(28)25-10-11-26-18(14-25)17(23-24-26)8-9-19(27)21-13-16-6-4-3-5-7-16/h3-7,15H,8-14H2,1-2H3,(H,21,27)(H,22,28). The number of aromatic nitrogens is 3. The number of urea groups is 1. The average Bonchev–Trinajstić information content (AvgIpc) is 3.12. The summed E-state index contributed by atoms with van der Waals surface area (Å²) in [5, 5.41) is 14.3. The molecule has 0 atom stereocenters. The quantitative estimate of drug-likeness (QED) is 0.760. The van der Waals surface area contributed by atoms with Crippen molar-refractivity contribution in [2.45, 2.75) is 46.3 Å². The van der Waals surface area contributed by atoms with Crippen LogP contribution >= 0.6 is 0 Å². The smallest absolute Gasteiger partial charge is 0.317 e. The Morgan fingerprint density at radius 2 is 1.93 bits per heavy atom. The predicted octanol–water partition coefficient (Wildman–Crippen LogP) is 1.71. The number of carbonyl (C=O) groups is 2. The molecule has 8 nitrogen and oxygen atoms in total. The van der Waals surface area contributed by atoms with Gasteiger partial charge in [0.05, 0.1) is 24.5 Å². The first-order valence-electron chi connectivity index (χ1n) is 9.77. The van der Waals surface area contributed by atoms with E-state index < -0.39 is 0 Å². The van der Waals surface area contributed by atoms with Gasteiger partial charge in [-0.2, -0.15) is 0 Å². The van der Waals surface area contributed by atoms with E-state index in [4.69, 9.17) is 0 Å². The zero-order chi connectivity index (χ0) is 19.9. The molecule has 2 heterocycles. The molecule has 1 aromatic heterocycles. The van der Waals surface area contributed by atoms with Gasteiger partial charge in [0.25, 0.3) is 0 Å². The summed E-state index contributed by atoms with van der Waals surface area (Å²) >= 11 is 0. The van der Waals surface area contributed by atoms with Gasteiger partial charge in [0.1, 0.15) is 0 Å². The molecule has 3 rings (SSSR count). The fourth-order valence-corrected chi connectivity index (χ4v) is 3.08. The van der Waals surface area contributed by atoms with Crippen LogP contribution < -0.4 is 10.6 Å². The topological polar surface area (TPSA) is 92.2 Å². The van der Waals surface area contributed by atoms with Gasteiger partial charge < -0.3 is 15.5 Å². The molecule has 1 aromatic carbocycles. The molecule has 0 radical (unpaired) electrons. The largest absolute Gasteiger partial charge is 0.352 e. The lowest BCUT2D eigenvalue weighted by atomic mass is 10.1. The molecule has 0 saturated carbocycles. The lowest BCUT2D eigenvalue weighted by molar-refractivity contribution is -0.121. The maximum atomic E-state index is 12.3. The molecule has 150 valence electrons. The summed E-state index contributed by atoms with van der Waals surface area (Å²) in [4.78, 5) is 26.3. The Kier molecular flexibility index (Phi) is 6.62. The SMILES string of the molecule is CC(C)CNC(=O)N1CCn2nnc(CCC(=O)NCc3ccccc3)c2C1. The van der Waals surface area contributed by atoms with E-state index in [1.165, 1.54) is 0 Å². The summed E-state index contributed by atoms with van der Waals surface area (Å²) in [6.45, 7) is 7.00. The number of hydrogen-bond donors (Lipinski definition) is 2. The highest BCUT2D eigenvalue weighted by Crippen LogP contribution is 2.16. The summed E-state index contributed by atoms with van der Waals surface area (Å²) in [7, 11) is 0. The normalized spacial score (nSPS) is 13.3. The van der Waals surface area contributed by atoms with Crippen molar-refractivity contribution in [3.63, 3.8) is 0 Å². The number of amides is 3. The highest BCUT2D eigenvalue weighted by Gasteiger charge is 2.25. The Balaban J connectivity index is 1.51. The molecule has 0 spiro atoms. The molecule has 3 amide bonds. The van der Waals surface area contributed by atoms with Gasteiger partial charge in [0.2, 0.25) is 5.91 Å². The maximum Gasteiger partial charge on any atom is 0.317 e. The van der Waals surface area contributed by atoms with Crippen molar-refractivity contribution in [1.82, 2.24) is 30.5 Å². The van der Waals surface area contributed by atoms with Crippen LogP contribution in [0.4, 0.5) is 4.79 Å². The van der Waals surface area contributed by atoms with Crippen molar-refractivity contribution in [3.05, 3.63) is 47.3 Å². The highest BCUT2D eigenvalue weighted by atomic mass is 16.2. The van der Waals surface area contributed by atoms with Gasteiger partial charge in [-0.1, -0.05) is 49.4 Å². The minimum atomic E-state index is -0.0623. The summed E-state index contributed by atoms with van der Waals surface area (Å²) in [6, 6.07) is 9.75. The number of hydrogen-bond acceptors (Lipinski definition) is 4. The molecular formula is C20H28N6O2. The minimum Gasteiger partial charge on any atom is -0.352 e. The maximum absolute atomic E-state index is 12.3. The first-order valence-corrected chi connectivity index (χ1v) is 9.77. The Labute approximate surface area is 165 Å². The predicted molar refractivity (Wildman–Crippen MR) is 105 cm³/mol. The van der Waals surface area contributed by atoms with Crippen LogP contribution in [0.3, 0.4) is 0 Å². The Morgan fingerprint density at radius 3 is 2.68 bits per heavy atom. The van der Waals surface area contributed by atoms with Crippen molar-refractivity contribution in [3.8, 4) is 0 Å². The molecule has 1 aliphatic heterocycles. The fourth-order valence-electron chi connectivity index (χ4n) is 3.08. The number of nitrogens with zero attached hydrogens (tertiary/aromatic N) is 4. The molecule has 0 unspecified atom stereocenters. The third-order valence-corrected chi connectivity index (χ3v) is 4.71. The summed E-state index contributed by atoms with van der Waals surface area (Å²) < 4.78 is 1.84. The van der Waals surface area contributed by atoms with E-state index in [2.05, 4.69) is 34.8 Å². The Bertz CT molecular complexity index is 802. The van der Waals surface area contributed by atoms with E-state index in [1.807, 2.05) is 35.0 Å². The van der Waals surface area contributed by atoms with Crippen LogP contribution in [0.5, 0.6) is 0 Å². The number of carbonyl (C=O) groups excluding carboxylic acids is 2. The highest BCUT2D eigenvalue weighted by molar-refractivity contribution is 5.76. The second-order valence-electron chi connectivity index (χ2n) is 7.47. The zero-order valence-corrected chi connectivity index (χ0v) is 16.5. The van der Waals surface area contributed by atoms with Crippen LogP contribution in [0.25, 0.3) is 0 Å². The van der Waals surface area contributed by atoms with Gasteiger partial charge in [-0.05, 0) is 11.5 Å². The first kappa shape index (κ1) is 19.9. The van der Waals surface area contributed by atoms with E-state index >= 15 is 0 Å².